The van der Waals surface area contributed by atoms with Crippen LogP contribution in [-0.4, -0.2) is 22.1 Å². The Morgan fingerprint density at radius 1 is 0.926 bits per heavy atom. The minimum absolute atomic E-state index is 0.162. The molecule has 0 aliphatic heterocycles. The summed E-state index contributed by atoms with van der Waals surface area (Å²) in [5, 5.41) is 6.85. The van der Waals surface area contributed by atoms with Crippen molar-refractivity contribution in [2.24, 2.45) is 0 Å². The third-order valence-electron chi connectivity index (χ3n) is 4.19. The van der Waals surface area contributed by atoms with Gasteiger partial charge in [-0.25, -0.2) is 9.97 Å². The second-order valence-electron chi connectivity index (χ2n) is 7.06. The molecule has 1 aliphatic carbocycles. The Labute approximate surface area is 159 Å². The lowest BCUT2D eigenvalue weighted by atomic mass is 10.2. The van der Waals surface area contributed by atoms with Gasteiger partial charge in [-0.3, -0.25) is 0 Å². The van der Waals surface area contributed by atoms with Crippen molar-refractivity contribution in [3.8, 4) is 17.1 Å². The van der Waals surface area contributed by atoms with Crippen molar-refractivity contribution in [1.82, 2.24) is 9.97 Å². The smallest absolute Gasteiger partial charge is 0.163 e. The van der Waals surface area contributed by atoms with Gasteiger partial charge in [0, 0.05) is 23.4 Å². The first kappa shape index (κ1) is 17.3. The molecule has 3 aromatic rings. The molecule has 1 aliphatic rings. The molecule has 5 nitrogen and oxygen atoms in total. The van der Waals surface area contributed by atoms with Crippen molar-refractivity contribution in [1.29, 1.82) is 0 Å². The summed E-state index contributed by atoms with van der Waals surface area (Å²) >= 11 is 0. The van der Waals surface area contributed by atoms with Crippen molar-refractivity contribution in [3.63, 3.8) is 0 Å². The Hall–Kier alpha value is -3.08. The number of nitrogens with one attached hydrogen (secondary N) is 2. The third kappa shape index (κ3) is 4.76. The van der Waals surface area contributed by atoms with Gasteiger partial charge in [0.15, 0.2) is 5.82 Å². The van der Waals surface area contributed by atoms with E-state index < -0.39 is 0 Å². The zero-order valence-corrected chi connectivity index (χ0v) is 15.6. The number of hydrogen-bond acceptors (Lipinski definition) is 5. The fourth-order valence-corrected chi connectivity index (χ4v) is 2.78. The van der Waals surface area contributed by atoms with Crippen LogP contribution in [0.3, 0.4) is 0 Å². The Kier molecular flexibility index (Phi) is 4.92. The number of ether oxygens (including phenoxy) is 1. The Morgan fingerprint density at radius 2 is 1.63 bits per heavy atom. The molecule has 5 heteroatoms. The molecule has 138 valence electrons. The highest BCUT2D eigenvalue weighted by atomic mass is 16.5. The summed E-state index contributed by atoms with van der Waals surface area (Å²) in [6.45, 7) is 4.04. The number of anilines is 3. The fourth-order valence-electron chi connectivity index (χ4n) is 2.78. The van der Waals surface area contributed by atoms with Crippen LogP contribution in [0.2, 0.25) is 0 Å². The van der Waals surface area contributed by atoms with Crippen molar-refractivity contribution >= 4 is 17.3 Å². The van der Waals surface area contributed by atoms with Crippen LogP contribution in [0.5, 0.6) is 5.75 Å². The van der Waals surface area contributed by atoms with E-state index in [1.807, 2.05) is 74.5 Å². The van der Waals surface area contributed by atoms with E-state index in [0.717, 1.165) is 28.6 Å². The molecule has 1 aromatic heterocycles. The fraction of sp³-hybridized carbons (Fsp3) is 0.273. The van der Waals surface area contributed by atoms with Gasteiger partial charge in [0.25, 0.3) is 0 Å². The van der Waals surface area contributed by atoms with Crippen LogP contribution in [-0.2, 0) is 0 Å². The second-order valence-corrected chi connectivity index (χ2v) is 7.06. The van der Waals surface area contributed by atoms with E-state index in [2.05, 4.69) is 15.6 Å². The molecule has 1 heterocycles. The maximum absolute atomic E-state index is 5.70. The van der Waals surface area contributed by atoms with Gasteiger partial charge < -0.3 is 15.4 Å². The molecule has 0 spiro atoms. The van der Waals surface area contributed by atoms with E-state index in [1.54, 1.807) is 0 Å². The second kappa shape index (κ2) is 7.66. The summed E-state index contributed by atoms with van der Waals surface area (Å²) in [7, 11) is 0. The van der Waals surface area contributed by atoms with Crippen molar-refractivity contribution < 1.29 is 4.74 Å². The van der Waals surface area contributed by atoms with Gasteiger partial charge in [-0.15, -0.1) is 0 Å². The predicted molar refractivity (Wildman–Crippen MR) is 110 cm³/mol. The Bertz CT molecular complexity index is 890. The highest BCUT2D eigenvalue weighted by molar-refractivity contribution is 5.65. The van der Waals surface area contributed by atoms with Gasteiger partial charge in [-0.05, 0) is 51.0 Å². The number of rotatable bonds is 7. The first-order valence-corrected chi connectivity index (χ1v) is 9.40. The minimum atomic E-state index is 0.162. The number of hydrogen-bond donors (Lipinski definition) is 2. The van der Waals surface area contributed by atoms with E-state index in [0.29, 0.717) is 11.9 Å². The molecule has 0 unspecified atom stereocenters. The zero-order valence-electron chi connectivity index (χ0n) is 15.6. The van der Waals surface area contributed by atoms with Crippen LogP contribution in [0.25, 0.3) is 11.4 Å². The summed E-state index contributed by atoms with van der Waals surface area (Å²) in [5.41, 5.74) is 1.96. The molecule has 1 saturated carbocycles. The molecule has 2 N–H and O–H groups in total. The average Bonchev–Trinajstić information content (AvgIpc) is 3.47. The molecule has 27 heavy (non-hydrogen) atoms. The van der Waals surface area contributed by atoms with Crippen molar-refractivity contribution in [2.45, 2.75) is 38.8 Å². The monoisotopic (exact) mass is 360 g/mol. The van der Waals surface area contributed by atoms with Gasteiger partial charge in [-0.2, -0.15) is 0 Å². The predicted octanol–water partition coefficient (Wildman–Crippen LogP) is 5.25. The molecular formula is C22H24N4O. The average molecular weight is 360 g/mol. The SMILES string of the molecule is CC(C)Oc1ccc(Nc2cc(NC3CC3)nc(-c3ccccc3)n2)cc1. The van der Waals surface area contributed by atoms with Crippen molar-refractivity contribution in [3.05, 3.63) is 60.7 Å². The highest BCUT2D eigenvalue weighted by Gasteiger charge is 2.22. The zero-order chi connectivity index (χ0) is 18.6. The molecule has 0 bridgehead atoms. The quantitative estimate of drug-likeness (QED) is 0.603. The molecule has 0 saturated heterocycles. The molecule has 1 fully saturated rings. The summed E-state index contributed by atoms with van der Waals surface area (Å²) in [6, 6.07) is 20.5. The van der Waals surface area contributed by atoms with E-state index >= 15 is 0 Å². The van der Waals surface area contributed by atoms with Crippen molar-refractivity contribution in [2.75, 3.05) is 10.6 Å². The number of nitrogens with zero attached hydrogens (tertiary/aromatic N) is 2. The van der Waals surface area contributed by atoms with Gasteiger partial charge >= 0.3 is 0 Å². The standard InChI is InChI=1S/C22H24N4O/c1-15(2)27-19-12-10-18(11-13-19)24-21-14-20(23-17-8-9-17)25-22(26-21)16-6-4-3-5-7-16/h3-7,10-15,17H,8-9H2,1-2H3,(H2,23,24,25,26). The van der Waals surface area contributed by atoms with Crippen LogP contribution >= 0.6 is 0 Å². The maximum Gasteiger partial charge on any atom is 0.163 e. The number of aromatic nitrogens is 2. The summed E-state index contributed by atoms with van der Waals surface area (Å²) in [5.74, 6) is 3.20. The lowest BCUT2D eigenvalue weighted by Crippen LogP contribution is -2.07. The Morgan fingerprint density at radius 3 is 2.30 bits per heavy atom. The van der Waals surface area contributed by atoms with Crippen LogP contribution in [0.4, 0.5) is 17.3 Å². The van der Waals surface area contributed by atoms with E-state index in [-0.39, 0.29) is 6.10 Å². The van der Waals surface area contributed by atoms with Gasteiger partial charge in [0.05, 0.1) is 6.10 Å². The molecule has 0 amide bonds. The molecule has 4 rings (SSSR count). The van der Waals surface area contributed by atoms with Gasteiger partial charge in [0.1, 0.15) is 17.4 Å². The van der Waals surface area contributed by atoms with E-state index in [1.165, 1.54) is 12.8 Å². The lowest BCUT2D eigenvalue weighted by Gasteiger charge is -2.13. The van der Waals surface area contributed by atoms with E-state index in [4.69, 9.17) is 9.72 Å². The van der Waals surface area contributed by atoms with Gasteiger partial charge in [0.2, 0.25) is 0 Å². The molecular weight excluding hydrogens is 336 g/mol. The van der Waals surface area contributed by atoms with E-state index in [9.17, 15) is 0 Å². The summed E-state index contributed by atoms with van der Waals surface area (Å²) < 4.78 is 5.70. The summed E-state index contributed by atoms with van der Waals surface area (Å²) in [4.78, 5) is 9.39. The largest absolute Gasteiger partial charge is 0.491 e. The van der Waals surface area contributed by atoms with Crippen LogP contribution in [0.15, 0.2) is 60.7 Å². The lowest BCUT2D eigenvalue weighted by molar-refractivity contribution is 0.242. The van der Waals surface area contributed by atoms with Crippen LogP contribution in [0, 0.1) is 0 Å². The normalized spacial score (nSPS) is 13.4. The first-order valence-electron chi connectivity index (χ1n) is 9.40. The van der Waals surface area contributed by atoms with Gasteiger partial charge in [-0.1, -0.05) is 30.3 Å². The van der Waals surface area contributed by atoms with Crippen LogP contribution in [0.1, 0.15) is 26.7 Å². The highest BCUT2D eigenvalue weighted by Crippen LogP contribution is 2.28. The minimum Gasteiger partial charge on any atom is -0.491 e. The Balaban J connectivity index is 1.59. The molecule has 2 aromatic carbocycles. The number of benzene rings is 2. The van der Waals surface area contributed by atoms with Crippen LogP contribution < -0.4 is 15.4 Å². The third-order valence-corrected chi connectivity index (χ3v) is 4.19. The summed E-state index contributed by atoms with van der Waals surface area (Å²) in [6.07, 6.45) is 2.56. The maximum atomic E-state index is 5.70. The molecule has 0 radical (unpaired) electrons. The molecule has 0 atom stereocenters. The first-order chi connectivity index (χ1) is 13.2. The topological polar surface area (TPSA) is 59.1 Å².